The van der Waals surface area contributed by atoms with Gasteiger partial charge in [-0.05, 0) is 48.6 Å². The maximum Gasteiger partial charge on any atom is 0.490 e. The first-order chi connectivity index (χ1) is 19.5. The van der Waals surface area contributed by atoms with Gasteiger partial charge in [-0.2, -0.15) is 13.2 Å². The number of nitrogens with two attached hydrogens (primary N) is 1. The average molecular weight is 648 g/mol. The minimum absolute atomic E-state index is 0.0588. The summed E-state index contributed by atoms with van der Waals surface area (Å²) in [7, 11) is -3.92. The molecule has 17 heteroatoms. The van der Waals surface area contributed by atoms with Crippen molar-refractivity contribution in [2.75, 3.05) is 24.8 Å². The van der Waals surface area contributed by atoms with Crippen LogP contribution in [0.3, 0.4) is 0 Å². The first kappa shape index (κ1) is 34.3. The van der Waals surface area contributed by atoms with Crippen LogP contribution in [0.2, 0.25) is 0 Å². The zero-order chi connectivity index (χ0) is 31.8. The zero-order valence-electron chi connectivity index (χ0n) is 21.8. The lowest BCUT2D eigenvalue weighted by Gasteiger charge is -2.15. The number of thioether (sulfide) groups is 1. The van der Waals surface area contributed by atoms with Gasteiger partial charge in [-0.1, -0.05) is 24.3 Å². The number of hydrogen-bond donors (Lipinski definition) is 5. The first-order valence-electron chi connectivity index (χ1n) is 11.4. The molecule has 0 saturated carbocycles. The predicted molar refractivity (Wildman–Crippen MR) is 150 cm³/mol. The van der Waals surface area contributed by atoms with E-state index < -0.39 is 47.1 Å². The summed E-state index contributed by atoms with van der Waals surface area (Å²) in [6.45, 7) is 0.791. The first-order valence-corrected chi connectivity index (χ1v) is 14.9. The maximum atomic E-state index is 13.5. The van der Waals surface area contributed by atoms with E-state index in [2.05, 4.69) is 5.32 Å². The van der Waals surface area contributed by atoms with Gasteiger partial charge in [-0.25, -0.2) is 18.0 Å². The SMILES string of the molecule is CSc1sc(C(=N)N)cc1S(=O)(=O)c1cccc(-c2c(C)cccc2NC(=O)COCC(=O)O)c1.O=C(O)C(F)(F)F. The lowest BCUT2D eigenvalue weighted by molar-refractivity contribution is -0.192. The summed E-state index contributed by atoms with van der Waals surface area (Å²) < 4.78 is 64.1. The monoisotopic (exact) mass is 647 g/mol. The molecular weight excluding hydrogens is 623 g/mol. The Morgan fingerprint density at radius 3 is 2.26 bits per heavy atom. The lowest BCUT2D eigenvalue weighted by Crippen LogP contribution is -2.21. The molecule has 0 aliphatic rings. The Balaban J connectivity index is 0.000000782. The molecule has 0 bridgehead atoms. The number of nitrogen functional groups attached to an aromatic ring is 1. The number of thiophene rings is 1. The number of carboxylic acids is 2. The van der Waals surface area contributed by atoms with E-state index in [-0.39, 0.29) is 15.6 Å². The molecule has 6 N–H and O–H groups in total. The van der Waals surface area contributed by atoms with Crippen LogP contribution in [0.5, 0.6) is 0 Å². The van der Waals surface area contributed by atoms with Crippen molar-refractivity contribution in [1.29, 1.82) is 5.41 Å². The summed E-state index contributed by atoms with van der Waals surface area (Å²) in [5.41, 5.74) is 7.99. The zero-order valence-corrected chi connectivity index (χ0v) is 24.3. The molecule has 0 fully saturated rings. The number of amidine groups is 1. The third-order valence-corrected chi connectivity index (χ3v) is 9.43. The summed E-state index contributed by atoms with van der Waals surface area (Å²) >= 11 is 2.41. The number of rotatable bonds is 10. The number of halogens is 3. The Labute approximate surface area is 245 Å². The highest BCUT2D eigenvalue weighted by atomic mass is 32.2. The molecule has 226 valence electrons. The molecular formula is C25H24F3N3O8S3. The maximum absolute atomic E-state index is 13.5. The predicted octanol–water partition coefficient (Wildman–Crippen LogP) is 4.24. The largest absolute Gasteiger partial charge is 0.490 e. The molecule has 3 rings (SSSR count). The van der Waals surface area contributed by atoms with Crippen LogP contribution in [-0.2, 0) is 29.0 Å². The van der Waals surface area contributed by atoms with E-state index in [4.69, 9.17) is 30.9 Å². The Morgan fingerprint density at radius 1 is 1.10 bits per heavy atom. The second-order valence-corrected chi connectivity index (χ2v) is 12.2. The number of anilines is 1. The van der Waals surface area contributed by atoms with E-state index in [9.17, 15) is 31.2 Å². The number of carbonyl (C=O) groups excluding carboxylic acids is 1. The average Bonchev–Trinajstić information content (AvgIpc) is 3.34. The van der Waals surface area contributed by atoms with Gasteiger partial charge in [0.2, 0.25) is 15.7 Å². The molecule has 0 aliphatic heterocycles. The molecule has 2 aromatic carbocycles. The molecule has 42 heavy (non-hydrogen) atoms. The van der Waals surface area contributed by atoms with Crippen LogP contribution in [0.4, 0.5) is 18.9 Å². The van der Waals surface area contributed by atoms with Crippen molar-refractivity contribution in [3.05, 3.63) is 59.0 Å². The van der Waals surface area contributed by atoms with Crippen LogP contribution in [0.1, 0.15) is 10.4 Å². The van der Waals surface area contributed by atoms with Crippen LogP contribution in [0.25, 0.3) is 11.1 Å². The van der Waals surface area contributed by atoms with Crippen molar-refractivity contribution in [3.63, 3.8) is 0 Å². The molecule has 0 spiro atoms. The third-order valence-electron chi connectivity index (χ3n) is 5.09. The molecule has 1 aromatic heterocycles. The van der Waals surface area contributed by atoms with Gasteiger partial charge in [0, 0.05) is 11.3 Å². The minimum atomic E-state index is -5.08. The number of ether oxygens (including phenoxy) is 1. The second kappa shape index (κ2) is 14.3. The van der Waals surface area contributed by atoms with E-state index in [0.29, 0.717) is 25.9 Å². The Morgan fingerprint density at radius 2 is 1.71 bits per heavy atom. The van der Waals surface area contributed by atoms with Crippen LogP contribution < -0.4 is 11.1 Å². The number of nitrogens with one attached hydrogen (secondary N) is 2. The quantitative estimate of drug-likeness (QED) is 0.121. The molecule has 11 nitrogen and oxygen atoms in total. The van der Waals surface area contributed by atoms with Crippen LogP contribution >= 0.6 is 23.1 Å². The van der Waals surface area contributed by atoms with E-state index in [0.717, 1.165) is 16.9 Å². The van der Waals surface area contributed by atoms with Crippen molar-refractivity contribution >= 4 is 62.3 Å². The number of alkyl halides is 3. The van der Waals surface area contributed by atoms with E-state index in [1.54, 1.807) is 30.5 Å². The number of benzene rings is 2. The van der Waals surface area contributed by atoms with Crippen molar-refractivity contribution < 1.29 is 50.9 Å². The number of hydrogen-bond acceptors (Lipinski definition) is 9. The van der Waals surface area contributed by atoms with Gasteiger partial charge < -0.3 is 26.0 Å². The van der Waals surface area contributed by atoms with E-state index in [1.807, 2.05) is 13.0 Å². The van der Waals surface area contributed by atoms with Gasteiger partial charge in [0.1, 0.15) is 19.0 Å². The van der Waals surface area contributed by atoms with Gasteiger partial charge in [0.05, 0.1) is 18.9 Å². The summed E-state index contributed by atoms with van der Waals surface area (Å²) in [5.74, 6) is -4.68. The normalized spacial score (nSPS) is 11.3. The molecule has 0 aliphatic carbocycles. The molecule has 0 saturated heterocycles. The fraction of sp³-hybridized carbons (Fsp3) is 0.200. The van der Waals surface area contributed by atoms with Gasteiger partial charge in [0.25, 0.3) is 0 Å². The molecule has 1 heterocycles. The number of carbonyl (C=O) groups is 3. The van der Waals surface area contributed by atoms with Crippen molar-refractivity contribution in [3.8, 4) is 11.1 Å². The highest BCUT2D eigenvalue weighted by Crippen LogP contribution is 2.38. The summed E-state index contributed by atoms with van der Waals surface area (Å²) in [6.07, 6.45) is -3.33. The highest BCUT2D eigenvalue weighted by Gasteiger charge is 2.38. The smallest absolute Gasteiger partial charge is 0.480 e. The van der Waals surface area contributed by atoms with Gasteiger partial charge in [-0.15, -0.1) is 23.1 Å². The summed E-state index contributed by atoms with van der Waals surface area (Å²) in [5, 5.41) is 26.1. The third kappa shape index (κ3) is 9.04. The van der Waals surface area contributed by atoms with Gasteiger partial charge in [0.15, 0.2) is 0 Å². The number of carboxylic acid groups (broad SMARTS) is 2. The second-order valence-electron chi connectivity index (χ2n) is 8.15. The molecule has 3 aromatic rings. The summed E-state index contributed by atoms with van der Waals surface area (Å²) in [6, 6.07) is 13.0. The molecule has 0 atom stereocenters. The van der Waals surface area contributed by atoms with E-state index >= 15 is 0 Å². The van der Waals surface area contributed by atoms with Crippen molar-refractivity contribution in [2.24, 2.45) is 5.73 Å². The molecule has 0 unspecified atom stereocenters. The fourth-order valence-corrected chi connectivity index (χ4v) is 7.24. The van der Waals surface area contributed by atoms with E-state index in [1.165, 1.54) is 30.0 Å². The Kier molecular flexibility index (Phi) is 11.7. The lowest BCUT2D eigenvalue weighted by atomic mass is 9.98. The molecule has 1 amide bonds. The number of aryl methyl sites for hydroxylation is 1. The van der Waals surface area contributed by atoms with Crippen molar-refractivity contribution in [1.82, 2.24) is 0 Å². The fourth-order valence-electron chi connectivity index (χ4n) is 3.34. The van der Waals surface area contributed by atoms with Gasteiger partial charge >= 0.3 is 18.1 Å². The van der Waals surface area contributed by atoms with Crippen LogP contribution in [0, 0.1) is 12.3 Å². The highest BCUT2D eigenvalue weighted by molar-refractivity contribution is 8.01. The Hall–Kier alpha value is -3.93. The number of sulfone groups is 1. The summed E-state index contributed by atoms with van der Waals surface area (Å²) in [4.78, 5) is 32.3. The standard InChI is InChI=1S/C23H23N3O6S3.C2HF3O2/c1-13-5-3-8-16(26-19(27)11-32-12-20(28)29)21(13)14-6-4-7-15(9-14)35(30,31)18-10-17(22(24)25)34-23(18)33-2;3-2(4,5)1(6)7/h3-10H,11-12H2,1-2H3,(H3,24,25)(H,26,27)(H,28,29);(H,6,7). The topological polar surface area (TPSA) is 197 Å². The number of amides is 1. The molecule has 0 radical (unpaired) electrons. The van der Waals surface area contributed by atoms with Crippen molar-refractivity contribution in [2.45, 2.75) is 27.1 Å². The van der Waals surface area contributed by atoms with Crippen LogP contribution in [-0.4, -0.2) is 68.0 Å². The van der Waals surface area contributed by atoms with Gasteiger partial charge in [-0.3, -0.25) is 10.2 Å². The van der Waals surface area contributed by atoms with Crippen LogP contribution in [0.15, 0.2) is 62.5 Å². The Bertz CT molecular complexity index is 1610. The minimum Gasteiger partial charge on any atom is -0.480 e. The number of aliphatic carboxylic acids is 2.